The molecule has 3 fully saturated rings. The van der Waals surface area contributed by atoms with Gasteiger partial charge in [0.25, 0.3) is 0 Å². The summed E-state index contributed by atoms with van der Waals surface area (Å²) in [5, 5.41) is 0. The van der Waals surface area contributed by atoms with Crippen LogP contribution in [0.2, 0.25) is 0 Å². The van der Waals surface area contributed by atoms with Crippen LogP contribution in [0.4, 0.5) is 0 Å². The topological polar surface area (TPSA) is 118 Å². The highest BCUT2D eigenvalue weighted by molar-refractivity contribution is 5.99. The summed E-state index contributed by atoms with van der Waals surface area (Å²) in [6.45, 7) is 2.34. The molecule has 8 nitrogen and oxygen atoms in total. The van der Waals surface area contributed by atoms with Gasteiger partial charge in [-0.15, -0.1) is 0 Å². The highest BCUT2D eigenvalue weighted by atomic mass is 16.5. The maximum absolute atomic E-state index is 9.56. The number of amidine groups is 1. The molecule has 2 saturated carbocycles. The Bertz CT molecular complexity index is 1180. The van der Waals surface area contributed by atoms with Crippen LogP contribution in [0.3, 0.4) is 0 Å². The Morgan fingerprint density at radius 3 is 2.34 bits per heavy atom. The van der Waals surface area contributed by atoms with Crippen molar-refractivity contribution < 1.29 is 9.53 Å². The molecule has 0 amide bonds. The van der Waals surface area contributed by atoms with Gasteiger partial charge in [0.15, 0.2) is 6.29 Å². The Labute approximate surface area is 225 Å². The van der Waals surface area contributed by atoms with Crippen LogP contribution in [0.25, 0.3) is 0 Å². The zero-order chi connectivity index (χ0) is 27.0. The van der Waals surface area contributed by atoms with Crippen LogP contribution in [0.1, 0.15) is 37.3 Å². The first-order valence-electron chi connectivity index (χ1n) is 13.1. The van der Waals surface area contributed by atoms with Crippen LogP contribution in [0.15, 0.2) is 71.4 Å². The molecule has 8 heteroatoms. The molecule has 6 N–H and O–H groups in total. The number of carbonyl (C=O) groups is 1. The van der Waals surface area contributed by atoms with Crippen LogP contribution in [0.5, 0.6) is 11.5 Å². The summed E-state index contributed by atoms with van der Waals surface area (Å²) in [5.74, 6) is 7.99. The molecule has 1 atom stereocenters. The molecule has 2 aliphatic carbocycles. The van der Waals surface area contributed by atoms with Crippen molar-refractivity contribution in [2.75, 3.05) is 27.2 Å². The summed E-state index contributed by atoms with van der Waals surface area (Å²) in [7, 11) is 3.98. The molecule has 1 aliphatic heterocycles. The average molecular weight is 515 g/mol. The largest absolute Gasteiger partial charge is 0.457 e. The summed E-state index contributed by atoms with van der Waals surface area (Å²) in [4.78, 5) is 16.9. The number of likely N-dealkylation sites (tertiary alicyclic amines) is 1. The summed E-state index contributed by atoms with van der Waals surface area (Å²) in [6.07, 6.45) is 6.82. The second kappa shape index (κ2) is 12.7. The Kier molecular flexibility index (Phi) is 9.19. The number of hydrazine groups is 1. The Hall–Kier alpha value is -3.64. The number of benzene rings is 2. The summed E-state index contributed by atoms with van der Waals surface area (Å²) < 4.78 is 5.87. The number of nitrogens with two attached hydrogens (primary N) is 2. The number of aliphatic imine (C=N–C) groups is 1. The predicted molar refractivity (Wildman–Crippen MR) is 151 cm³/mol. The van der Waals surface area contributed by atoms with Crippen LogP contribution < -0.4 is 27.1 Å². The molecule has 3 aliphatic rings. The molecule has 0 bridgehead atoms. The van der Waals surface area contributed by atoms with E-state index in [1.807, 2.05) is 61.6 Å². The third-order valence-electron chi connectivity index (χ3n) is 7.03. The van der Waals surface area contributed by atoms with Crippen molar-refractivity contribution in [3.63, 3.8) is 0 Å². The van der Waals surface area contributed by atoms with Gasteiger partial charge in [0.05, 0.1) is 12.1 Å². The van der Waals surface area contributed by atoms with E-state index in [2.05, 4.69) is 34.6 Å². The van der Waals surface area contributed by atoms with Crippen molar-refractivity contribution in [1.29, 1.82) is 0 Å². The predicted octanol–water partition coefficient (Wildman–Crippen LogP) is 3.14. The van der Waals surface area contributed by atoms with E-state index in [0.717, 1.165) is 35.5 Å². The Balaban J connectivity index is 0.000000417. The van der Waals surface area contributed by atoms with Crippen molar-refractivity contribution in [2.45, 2.75) is 37.8 Å². The first-order valence-corrected chi connectivity index (χ1v) is 13.1. The van der Waals surface area contributed by atoms with Gasteiger partial charge in [-0.3, -0.25) is 9.79 Å². The monoisotopic (exact) mass is 514 g/mol. The lowest BCUT2D eigenvalue weighted by Gasteiger charge is -2.57. The fourth-order valence-corrected chi connectivity index (χ4v) is 5.12. The van der Waals surface area contributed by atoms with Crippen molar-refractivity contribution in [1.82, 2.24) is 15.8 Å². The van der Waals surface area contributed by atoms with Gasteiger partial charge in [0, 0.05) is 37.8 Å². The maximum Gasteiger partial charge on any atom is 0.192 e. The van der Waals surface area contributed by atoms with Gasteiger partial charge in [-0.25, -0.2) is 5.43 Å². The third kappa shape index (κ3) is 7.23. The van der Waals surface area contributed by atoms with E-state index in [0.29, 0.717) is 29.5 Å². The lowest BCUT2D eigenvalue weighted by molar-refractivity contribution is -0.103. The lowest BCUT2D eigenvalue weighted by atomic mass is 9.61. The number of aldehydes is 1. The molecule has 38 heavy (non-hydrogen) atoms. The quantitative estimate of drug-likeness (QED) is 0.147. The van der Waals surface area contributed by atoms with E-state index >= 15 is 0 Å². The molecule has 200 valence electrons. The molecule has 1 saturated heterocycles. The Morgan fingerprint density at radius 1 is 1.13 bits per heavy atom. The van der Waals surface area contributed by atoms with E-state index < -0.39 is 6.04 Å². The maximum atomic E-state index is 9.56. The molecular formula is C30H38N6O2. The summed E-state index contributed by atoms with van der Waals surface area (Å²) in [5.41, 5.74) is 20.9. The van der Waals surface area contributed by atoms with E-state index in [1.165, 1.54) is 25.9 Å². The number of carbonyl (C=O) groups excluding carboxylic acids is 1. The van der Waals surface area contributed by atoms with Gasteiger partial charge in [-0.05, 0) is 73.9 Å². The van der Waals surface area contributed by atoms with Gasteiger partial charge in [-0.2, -0.15) is 0 Å². The standard InChI is InChI=1S/C24H32N6O.C6H6O/c1-27-29-23(28-18-12-24(13-18)15-30(2)16-24)21(14-25)22(26)17-8-10-20(11-9-17)31-19-6-4-3-5-7-19;7-5-1-2-6-3-4-6/h3-11,14,18,22,27H,12-13,15-16,25-26H2,1-2H3,(H,28,29);5-6H,3-4H2/b21-14-;. The summed E-state index contributed by atoms with van der Waals surface area (Å²) in [6, 6.07) is 17.4. The molecule has 1 spiro atoms. The first kappa shape index (κ1) is 27.4. The number of nitrogens with one attached hydrogen (secondary N) is 2. The van der Waals surface area contributed by atoms with Crippen LogP contribution >= 0.6 is 0 Å². The molecule has 2 aromatic carbocycles. The van der Waals surface area contributed by atoms with E-state index in [-0.39, 0.29) is 0 Å². The van der Waals surface area contributed by atoms with Crippen molar-refractivity contribution in [3.8, 4) is 23.3 Å². The number of hydrogen-bond donors (Lipinski definition) is 4. The van der Waals surface area contributed by atoms with Crippen LogP contribution in [0, 0.1) is 23.2 Å². The minimum atomic E-state index is -0.403. The fraction of sp³-hybridized carbons (Fsp3) is 0.400. The van der Waals surface area contributed by atoms with E-state index in [1.54, 1.807) is 6.20 Å². The van der Waals surface area contributed by atoms with Gasteiger partial charge < -0.3 is 26.5 Å². The molecule has 1 heterocycles. The highest BCUT2D eigenvalue weighted by Gasteiger charge is 2.51. The van der Waals surface area contributed by atoms with Gasteiger partial charge in [0.1, 0.15) is 17.3 Å². The van der Waals surface area contributed by atoms with E-state index in [9.17, 15) is 4.79 Å². The lowest BCUT2D eigenvalue weighted by Crippen LogP contribution is -2.62. The smallest absolute Gasteiger partial charge is 0.192 e. The highest BCUT2D eigenvalue weighted by Crippen LogP contribution is 2.49. The number of nitrogens with zero attached hydrogens (tertiary/aromatic N) is 2. The normalized spacial score (nSPS) is 19.6. The zero-order valence-corrected chi connectivity index (χ0v) is 22.2. The number of rotatable bonds is 7. The second-order valence-corrected chi connectivity index (χ2v) is 10.4. The SMILES string of the molecule is CNNC(=NC1CC2(C1)CN(C)C2)/C(=C\N)C(N)c1ccc(Oc2ccccc2)cc1.O=CC#CC1CC1. The fourth-order valence-electron chi connectivity index (χ4n) is 5.12. The van der Waals surface area contributed by atoms with Crippen molar-refractivity contribution in [3.05, 3.63) is 71.9 Å². The number of para-hydroxylation sites is 1. The van der Waals surface area contributed by atoms with Crippen molar-refractivity contribution in [2.24, 2.45) is 27.8 Å². The number of hydrogen-bond acceptors (Lipinski definition) is 7. The van der Waals surface area contributed by atoms with Crippen LogP contribution in [-0.2, 0) is 4.79 Å². The van der Waals surface area contributed by atoms with Gasteiger partial charge in [0.2, 0.25) is 0 Å². The first-order chi connectivity index (χ1) is 18.4. The van der Waals surface area contributed by atoms with Gasteiger partial charge >= 0.3 is 0 Å². The second-order valence-electron chi connectivity index (χ2n) is 10.4. The minimum Gasteiger partial charge on any atom is -0.457 e. The molecule has 0 aromatic heterocycles. The minimum absolute atomic E-state index is 0.299. The molecule has 2 aromatic rings. The van der Waals surface area contributed by atoms with Crippen LogP contribution in [-0.4, -0.2) is 50.2 Å². The average Bonchev–Trinajstić information content (AvgIpc) is 3.72. The molecule has 0 radical (unpaired) electrons. The Morgan fingerprint density at radius 2 is 1.79 bits per heavy atom. The molecule has 5 rings (SSSR count). The third-order valence-corrected chi connectivity index (χ3v) is 7.03. The van der Waals surface area contributed by atoms with Crippen molar-refractivity contribution >= 4 is 12.1 Å². The summed E-state index contributed by atoms with van der Waals surface area (Å²) >= 11 is 0. The molecular weight excluding hydrogens is 476 g/mol. The molecule has 1 unspecified atom stereocenters. The van der Waals surface area contributed by atoms with E-state index in [4.69, 9.17) is 21.2 Å². The zero-order valence-electron chi connectivity index (χ0n) is 22.2. The number of ether oxygens (including phenoxy) is 1. The van der Waals surface area contributed by atoms with Gasteiger partial charge in [-0.1, -0.05) is 36.3 Å².